The number of nitrogens with one attached hydrogen (secondary N) is 1. The molecule has 0 bridgehead atoms. The predicted molar refractivity (Wildman–Crippen MR) is 56.0 cm³/mol. The summed E-state index contributed by atoms with van der Waals surface area (Å²) >= 11 is 0. The summed E-state index contributed by atoms with van der Waals surface area (Å²) in [4.78, 5) is 0. The lowest BCUT2D eigenvalue weighted by atomic mass is 10.2. The molecule has 0 radical (unpaired) electrons. The van der Waals surface area contributed by atoms with E-state index in [0.29, 0.717) is 7.92 Å². The zero-order valence-corrected chi connectivity index (χ0v) is 9.25. The maximum Gasteiger partial charge on any atom is -0.00429 e. The van der Waals surface area contributed by atoms with Crippen LogP contribution >= 0.6 is 7.92 Å². The Hall–Kier alpha value is 0.390. The zero-order valence-electron chi connectivity index (χ0n) is 8.35. The van der Waals surface area contributed by atoms with Gasteiger partial charge in [0.25, 0.3) is 0 Å². The maximum atomic E-state index is 3.38. The molecule has 1 nitrogen and oxygen atoms in total. The summed E-state index contributed by atoms with van der Waals surface area (Å²) in [6.45, 7) is 11.3. The van der Waals surface area contributed by atoms with Crippen LogP contribution in [-0.2, 0) is 0 Å². The Morgan fingerprint density at radius 2 is 1.55 bits per heavy atom. The van der Waals surface area contributed by atoms with Crippen LogP contribution in [0.25, 0.3) is 0 Å². The Morgan fingerprint density at radius 3 is 1.82 bits per heavy atom. The van der Waals surface area contributed by atoms with Crippen molar-refractivity contribution in [3.63, 3.8) is 0 Å². The lowest BCUT2D eigenvalue weighted by molar-refractivity contribution is 0.527. The van der Waals surface area contributed by atoms with Gasteiger partial charge < -0.3 is 5.32 Å². The van der Waals surface area contributed by atoms with Crippen LogP contribution in [0.3, 0.4) is 0 Å². The SMILES string of the molecule is CC.CP(C)C1CCNCC1. The standard InChI is InChI=1S/C7H16NP.C2H6/c1-9(2)7-3-5-8-6-4-7;1-2/h7-8H,3-6H2,1-2H3;1-2H3. The molecule has 0 aromatic heterocycles. The van der Waals surface area contributed by atoms with Crippen LogP contribution < -0.4 is 5.32 Å². The molecule has 1 rings (SSSR count). The molecule has 0 aromatic rings. The lowest BCUT2D eigenvalue weighted by Crippen LogP contribution is -2.29. The molecule has 1 N–H and O–H groups in total. The molecule has 0 spiro atoms. The molecule has 0 unspecified atom stereocenters. The average molecular weight is 175 g/mol. The highest BCUT2D eigenvalue weighted by Crippen LogP contribution is 2.37. The van der Waals surface area contributed by atoms with Gasteiger partial charge in [0.05, 0.1) is 0 Å². The second kappa shape index (κ2) is 7.06. The molecule has 1 saturated heterocycles. The Labute approximate surface area is 72.7 Å². The van der Waals surface area contributed by atoms with Crippen molar-refractivity contribution in [3.05, 3.63) is 0 Å². The van der Waals surface area contributed by atoms with Crippen molar-refractivity contribution in [2.75, 3.05) is 26.4 Å². The molecule has 0 aliphatic carbocycles. The maximum absolute atomic E-state index is 3.38. The van der Waals surface area contributed by atoms with Crippen molar-refractivity contribution in [1.29, 1.82) is 0 Å². The van der Waals surface area contributed by atoms with E-state index in [9.17, 15) is 0 Å². The van der Waals surface area contributed by atoms with Crippen LogP contribution in [0, 0.1) is 0 Å². The Bertz CT molecular complexity index is 77.6. The van der Waals surface area contributed by atoms with Gasteiger partial charge in [-0.1, -0.05) is 13.8 Å². The first-order valence-electron chi connectivity index (χ1n) is 4.68. The summed E-state index contributed by atoms with van der Waals surface area (Å²) in [6, 6.07) is 0. The number of hydrogen-bond donors (Lipinski definition) is 1. The summed E-state index contributed by atoms with van der Waals surface area (Å²) in [6.07, 6.45) is 2.83. The van der Waals surface area contributed by atoms with Gasteiger partial charge in [-0.25, -0.2) is 0 Å². The number of rotatable bonds is 1. The minimum Gasteiger partial charge on any atom is -0.317 e. The molecule has 0 saturated carbocycles. The third-order valence-electron chi connectivity index (χ3n) is 2.04. The highest BCUT2D eigenvalue weighted by Gasteiger charge is 2.14. The summed E-state index contributed by atoms with van der Waals surface area (Å²) < 4.78 is 0. The highest BCUT2D eigenvalue weighted by molar-refractivity contribution is 7.56. The van der Waals surface area contributed by atoms with Gasteiger partial charge >= 0.3 is 0 Å². The Kier molecular flexibility index (Phi) is 7.31. The zero-order chi connectivity index (χ0) is 8.69. The molecule has 0 amide bonds. The van der Waals surface area contributed by atoms with Crippen LogP contribution in [0.4, 0.5) is 0 Å². The molecule has 0 aromatic carbocycles. The van der Waals surface area contributed by atoms with Crippen molar-refractivity contribution < 1.29 is 0 Å². The quantitative estimate of drug-likeness (QED) is 0.604. The fraction of sp³-hybridized carbons (Fsp3) is 1.00. The first-order chi connectivity index (χ1) is 5.30. The van der Waals surface area contributed by atoms with Gasteiger partial charge in [-0.3, -0.25) is 0 Å². The molecule has 1 aliphatic rings. The van der Waals surface area contributed by atoms with E-state index in [2.05, 4.69) is 18.6 Å². The van der Waals surface area contributed by atoms with Gasteiger partial charge in [0, 0.05) is 0 Å². The molecule has 68 valence electrons. The van der Waals surface area contributed by atoms with E-state index in [4.69, 9.17) is 0 Å². The fourth-order valence-electron chi connectivity index (χ4n) is 1.32. The Morgan fingerprint density at radius 1 is 1.09 bits per heavy atom. The van der Waals surface area contributed by atoms with Crippen LogP contribution in [-0.4, -0.2) is 32.1 Å². The molecule has 1 aliphatic heterocycles. The third-order valence-corrected chi connectivity index (χ3v) is 4.02. The van der Waals surface area contributed by atoms with Gasteiger partial charge in [-0.2, -0.15) is 0 Å². The molecule has 11 heavy (non-hydrogen) atoms. The first-order valence-corrected chi connectivity index (χ1v) is 6.98. The molecule has 0 atom stereocenters. The largest absolute Gasteiger partial charge is 0.317 e. The molecule has 2 heteroatoms. The van der Waals surface area contributed by atoms with E-state index >= 15 is 0 Å². The summed E-state index contributed by atoms with van der Waals surface area (Å²) in [5.41, 5.74) is 1.06. The van der Waals surface area contributed by atoms with Gasteiger partial charge in [-0.15, -0.1) is 7.92 Å². The second-order valence-electron chi connectivity index (χ2n) is 2.94. The Balaban J connectivity index is 0.000000461. The summed E-state index contributed by atoms with van der Waals surface area (Å²) in [5.74, 6) is 0. The topological polar surface area (TPSA) is 12.0 Å². The second-order valence-corrected chi connectivity index (χ2v) is 5.60. The predicted octanol–water partition coefficient (Wildman–Crippen LogP) is 2.51. The van der Waals surface area contributed by atoms with Crippen LogP contribution in [0.5, 0.6) is 0 Å². The molecule has 1 fully saturated rings. The van der Waals surface area contributed by atoms with Crippen LogP contribution in [0.1, 0.15) is 26.7 Å². The van der Waals surface area contributed by atoms with E-state index in [-0.39, 0.29) is 0 Å². The van der Waals surface area contributed by atoms with Crippen molar-refractivity contribution in [3.8, 4) is 0 Å². The lowest BCUT2D eigenvalue weighted by Gasteiger charge is -2.25. The van der Waals surface area contributed by atoms with Crippen LogP contribution in [0.2, 0.25) is 0 Å². The highest BCUT2D eigenvalue weighted by atomic mass is 31.1. The number of piperidine rings is 1. The van der Waals surface area contributed by atoms with Gasteiger partial charge in [0.2, 0.25) is 0 Å². The molecular weight excluding hydrogens is 153 g/mol. The van der Waals surface area contributed by atoms with E-state index in [1.54, 1.807) is 0 Å². The first kappa shape index (κ1) is 11.4. The minimum absolute atomic E-state index is 0.341. The minimum atomic E-state index is 0.341. The van der Waals surface area contributed by atoms with Gasteiger partial charge in [-0.05, 0) is 44.9 Å². The van der Waals surface area contributed by atoms with Crippen molar-refractivity contribution in [2.45, 2.75) is 32.3 Å². The van der Waals surface area contributed by atoms with E-state index in [1.165, 1.54) is 25.9 Å². The smallest absolute Gasteiger partial charge is 0.00429 e. The fourth-order valence-corrected chi connectivity index (χ4v) is 2.61. The van der Waals surface area contributed by atoms with Crippen molar-refractivity contribution >= 4 is 7.92 Å². The molecule has 1 heterocycles. The van der Waals surface area contributed by atoms with Gasteiger partial charge in [0.15, 0.2) is 0 Å². The van der Waals surface area contributed by atoms with Gasteiger partial charge in [0.1, 0.15) is 0 Å². The summed E-state index contributed by atoms with van der Waals surface area (Å²) in [5, 5.41) is 3.38. The average Bonchev–Trinajstić information content (AvgIpc) is 2.10. The van der Waals surface area contributed by atoms with E-state index < -0.39 is 0 Å². The number of hydrogen-bond acceptors (Lipinski definition) is 1. The summed E-state index contributed by atoms with van der Waals surface area (Å²) in [7, 11) is 0.341. The van der Waals surface area contributed by atoms with E-state index in [1.807, 2.05) is 13.8 Å². The van der Waals surface area contributed by atoms with Crippen LogP contribution in [0.15, 0.2) is 0 Å². The van der Waals surface area contributed by atoms with Crippen molar-refractivity contribution in [2.24, 2.45) is 0 Å². The third kappa shape index (κ3) is 4.76. The van der Waals surface area contributed by atoms with E-state index in [0.717, 1.165) is 5.66 Å². The van der Waals surface area contributed by atoms with Crippen molar-refractivity contribution in [1.82, 2.24) is 5.32 Å². The normalized spacial score (nSPS) is 19.4. The molecular formula is C9H22NP. The monoisotopic (exact) mass is 175 g/mol.